The Bertz CT molecular complexity index is 351. The van der Waals surface area contributed by atoms with Crippen molar-refractivity contribution in [3.05, 3.63) is 11.8 Å². The van der Waals surface area contributed by atoms with Gasteiger partial charge in [0.1, 0.15) is 17.4 Å². The molecular formula is C13H22N2O2. The van der Waals surface area contributed by atoms with E-state index in [2.05, 4.69) is 0 Å². The molecular weight excluding hydrogens is 216 g/mol. The summed E-state index contributed by atoms with van der Waals surface area (Å²) in [7, 11) is 1.54. The molecule has 0 bridgehead atoms. The molecule has 0 spiro atoms. The molecule has 0 saturated heterocycles. The number of carbonyl (C=O) groups excluding carboxylic acids is 1. The van der Waals surface area contributed by atoms with Gasteiger partial charge in [-0.15, -0.1) is 0 Å². The first kappa shape index (κ1) is 15.5. The maximum atomic E-state index is 11.8. The molecule has 0 N–H and O–H groups in total. The van der Waals surface area contributed by atoms with Crippen LogP contribution in [0.25, 0.3) is 0 Å². The van der Waals surface area contributed by atoms with Gasteiger partial charge in [-0.1, -0.05) is 20.8 Å². The molecule has 4 heteroatoms. The number of rotatable bonds is 1. The molecule has 96 valence electrons. The Hall–Kier alpha value is -1.50. The van der Waals surface area contributed by atoms with Crippen LogP contribution in [0.3, 0.4) is 0 Å². The summed E-state index contributed by atoms with van der Waals surface area (Å²) < 4.78 is 5.19. The van der Waals surface area contributed by atoms with Gasteiger partial charge in [-0.25, -0.2) is 4.79 Å². The third-order valence-corrected chi connectivity index (χ3v) is 1.71. The van der Waals surface area contributed by atoms with E-state index in [-0.39, 0.29) is 5.41 Å². The van der Waals surface area contributed by atoms with Gasteiger partial charge in [0.2, 0.25) is 0 Å². The summed E-state index contributed by atoms with van der Waals surface area (Å²) in [5.41, 5.74) is -0.429. The fraction of sp³-hybridized carbons (Fsp3) is 0.692. The molecule has 0 fully saturated rings. The number of allylic oxidation sites excluding steroid dienone is 2. The zero-order valence-electron chi connectivity index (χ0n) is 11.8. The minimum Gasteiger partial charge on any atom is -0.443 e. The Morgan fingerprint density at radius 2 is 1.71 bits per heavy atom. The topological polar surface area (TPSA) is 53.3 Å². The average molecular weight is 238 g/mol. The maximum Gasteiger partial charge on any atom is 0.415 e. The predicted octanol–water partition coefficient (Wildman–Crippen LogP) is 3.31. The van der Waals surface area contributed by atoms with Gasteiger partial charge in [0, 0.05) is 7.05 Å². The molecule has 0 unspecified atom stereocenters. The second-order valence-corrected chi connectivity index (χ2v) is 6.05. The number of hydrogen-bond acceptors (Lipinski definition) is 3. The van der Waals surface area contributed by atoms with E-state index in [1.165, 1.54) is 11.9 Å². The maximum absolute atomic E-state index is 11.8. The highest BCUT2D eigenvalue weighted by molar-refractivity contribution is 5.71. The predicted molar refractivity (Wildman–Crippen MR) is 67.1 cm³/mol. The lowest BCUT2D eigenvalue weighted by Gasteiger charge is -2.25. The minimum absolute atomic E-state index is 0.165. The molecule has 0 atom stereocenters. The summed E-state index contributed by atoms with van der Waals surface area (Å²) in [6.45, 7) is 11.3. The van der Waals surface area contributed by atoms with E-state index in [0.29, 0.717) is 5.70 Å². The second kappa shape index (κ2) is 5.22. The summed E-state index contributed by atoms with van der Waals surface area (Å²) in [4.78, 5) is 13.0. The molecule has 0 aromatic rings. The number of amides is 1. The van der Waals surface area contributed by atoms with E-state index in [9.17, 15) is 4.79 Å². The summed E-state index contributed by atoms with van der Waals surface area (Å²) >= 11 is 0. The highest BCUT2D eigenvalue weighted by atomic mass is 16.6. The highest BCUT2D eigenvalue weighted by Crippen LogP contribution is 2.20. The number of nitriles is 1. The van der Waals surface area contributed by atoms with Crippen LogP contribution in [0.4, 0.5) is 4.79 Å². The highest BCUT2D eigenvalue weighted by Gasteiger charge is 2.22. The summed E-state index contributed by atoms with van der Waals surface area (Å²) in [5, 5.41) is 9.04. The quantitative estimate of drug-likeness (QED) is 0.658. The molecule has 0 aliphatic heterocycles. The first-order chi connectivity index (χ1) is 7.46. The number of carbonyl (C=O) groups is 1. The van der Waals surface area contributed by atoms with Gasteiger partial charge < -0.3 is 4.74 Å². The number of ether oxygens (including phenoxy) is 1. The third kappa shape index (κ3) is 6.62. The van der Waals surface area contributed by atoms with E-state index in [1.54, 1.807) is 26.8 Å². The Balaban J connectivity index is 4.92. The minimum atomic E-state index is -0.562. The van der Waals surface area contributed by atoms with E-state index < -0.39 is 11.7 Å². The van der Waals surface area contributed by atoms with Crippen molar-refractivity contribution in [2.45, 2.75) is 47.1 Å². The lowest BCUT2D eigenvalue weighted by Crippen LogP contribution is -2.33. The zero-order chi connectivity index (χ0) is 13.9. The van der Waals surface area contributed by atoms with Crippen LogP contribution in [0.5, 0.6) is 0 Å². The Kier molecular flexibility index (Phi) is 4.76. The molecule has 0 aliphatic rings. The van der Waals surface area contributed by atoms with Crippen molar-refractivity contribution in [2.75, 3.05) is 7.05 Å². The molecule has 0 rings (SSSR count). The lowest BCUT2D eigenvalue weighted by atomic mass is 9.95. The van der Waals surface area contributed by atoms with Crippen LogP contribution in [-0.4, -0.2) is 23.6 Å². The monoisotopic (exact) mass is 238 g/mol. The number of nitrogens with zero attached hydrogens (tertiary/aromatic N) is 2. The van der Waals surface area contributed by atoms with Gasteiger partial charge in [-0.3, -0.25) is 4.90 Å². The Morgan fingerprint density at radius 1 is 1.24 bits per heavy atom. The standard InChI is InChI=1S/C13H22N2O2/c1-12(2,3)8-10(9-14)15(7)11(16)17-13(4,5)6/h8H,1-7H3. The van der Waals surface area contributed by atoms with Crippen LogP contribution in [0.15, 0.2) is 11.8 Å². The van der Waals surface area contributed by atoms with Crippen LogP contribution in [0.1, 0.15) is 41.5 Å². The average Bonchev–Trinajstić information content (AvgIpc) is 2.08. The smallest absolute Gasteiger partial charge is 0.415 e. The first-order valence-electron chi connectivity index (χ1n) is 5.56. The SMILES string of the molecule is CN(C(=O)OC(C)(C)C)C(C#N)=CC(C)(C)C. The fourth-order valence-corrected chi connectivity index (χ4v) is 1.04. The largest absolute Gasteiger partial charge is 0.443 e. The van der Waals surface area contributed by atoms with E-state index >= 15 is 0 Å². The molecule has 0 radical (unpaired) electrons. The number of hydrogen-bond donors (Lipinski definition) is 0. The summed E-state index contributed by atoms with van der Waals surface area (Å²) in [6, 6.07) is 2.01. The lowest BCUT2D eigenvalue weighted by molar-refractivity contribution is 0.0359. The molecule has 0 aliphatic carbocycles. The van der Waals surface area contributed by atoms with Gasteiger partial charge >= 0.3 is 6.09 Å². The van der Waals surface area contributed by atoms with E-state index in [1.807, 2.05) is 26.8 Å². The van der Waals surface area contributed by atoms with Gasteiger partial charge in [-0.05, 0) is 32.3 Å². The fourth-order valence-electron chi connectivity index (χ4n) is 1.04. The van der Waals surface area contributed by atoms with Gasteiger partial charge in [0.25, 0.3) is 0 Å². The van der Waals surface area contributed by atoms with Crippen molar-refractivity contribution < 1.29 is 9.53 Å². The van der Waals surface area contributed by atoms with E-state index in [4.69, 9.17) is 10.00 Å². The van der Waals surface area contributed by atoms with Crippen LogP contribution in [-0.2, 0) is 4.74 Å². The Labute approximate surface area is 104 Å². The van der Waals surface area contributed by atoms with Crippen LogP contribution in [0, 0.1) is 16.7 Å². The molecule has 0 aromatic carbocycles. The van der Waals surface area contributed by atoms with Crippen LogP contribution >= 0.6 is 0 Å². The summed E-state index contributed by atoms with van der Waals surface area (Å²) in [6.07, 6.45) is 1.23. The van der Waals surface area contributed by atoms with Gasteiger partial charge in [0.05, 0.1) is 0 Å². The van der Waals surface area contributed by atoms with Crippen molar-refractivity contribution in [2.24, 2.45) is 5.41 Å². The van der Waals surface area contributed by atoms with Gasteiger partial charge in [0.15, 0.2) is 0 Å². The van der Waals surface area contributed by atoms with Crippen LogP contribution in [0.2, 0.25) is 0 Å². The summed E-state index contributed by atoms with van der Waals surface area (Å²) in [5.74, 6) is 0. The molecule has 0 saturated carbocycles. The molecule has 1 amide bonds. The molecule has 4 nitrogen and oxygen atoms in total. The first-order valence-corrected chi connectivity index (χ1v) is 5.56. The molecule has 17 heavy (non-hydrogen) atoms. The van der Waals surface area contributed by atoms with E-state index in [0.717, 1.165) is 0 Å². The molecule has 0 aromatic heterocycles. The van der Waals surface area contributed by atoms with Crippen molar-refractivity contribution in [1.82, 2.24) is 4.90 Å². The van der Waals surface area contributed by atoms with Crippen molar-refractivity contribution in [3.63, 3.8) is 0 Å². The Morgan fingerprint density at radius 3 is 2.00 bits per heavy atom. The third-order valence-electron chi connectivity index (χ3n) is 1.71. The van der Waals surface area contributed by atoms with Gasteiger partial charge in [-0.2, -0.15) is 5.26 Å². The van der Waals surface area contributed by atoms with Crippen molar-refractivity contribution in [3.8, 4) is 6.07 Å². The molecule has 0 heterocycles. The van der Waals surface area contributed by atoms with Crippen molar-refractivity contribution in [1.29, 1.82) is 5.26 Å². The normalized spacial score (nSPS) is 12.9. The zero-order valence-corrected chi connectivity index (χ0v) is 11.8. The van der Waals surface area contributed by atoms with Crippen LogP contribution < -0.4 is 0 Å². The second-order valence-electron chi connectivity index (χ2n) is 6.05. The van der Waals surface area contributed by atoms with Crippen molar-refractivity contribution >= 4 is 6.09 Å².